The number of para-hydroxylation sites is 1. The van der Waals surface area contributed by atoms with Crippen molar-refractivity contribution in [3.8, 4) is 0 Å². The van der Waals surface area contributed by atoms with Crippen molar-refractivity contribution in [3.05, 3.63) is 63.9 Å². The van der Waals surface area contributed by atoms with Gasteiger partial charge in [0.05, 0.1) is 5.69 Å². The molecule has 2 rings (SSSR count). The van der Waals surface area contributed by atoms with Crippen LogP contribution in [0.2, 0.25) is 10.0 Å². The van der Waals surface area contributed by atoms with Gasteiger partial charge in [-0.15, -0.1) is 0 Å². The highest BCUT2D eigenvalue weighted by Gasteiger charge is 2.13. The fraction of sp³-hybridized carbons (Fsp3) is 0.263. The molecule has 0 fully saturated rings. The average Bonchev–Trinajstić information content (AvgIpc) is 2.58. The normalized spacial score (nSPS) is 10.5. The van der Waals surface area contributed by atoms with Crippen molar-refractivity contribution in [2.45, 2.75) is 19.8 Å². The molecular weight excluding hydrogens is 378 g/mol. The van der Waals surface area contributed by atoms with Gasteiger partial charge in [0.25, 0.3) is 0 Å². The summed E-state index contributed by atoms with van der Waals surface area (Å²) >= 11 is 12.0. The average molecular weight is 397 g/mol. The third-order valence-corrected chi connectivity index (χ3v) is 4.46. The van der Waals surface area contributed by atoms with Crippen LogP contribution in [0.15, 0.2) is 42.5 Å². The van der Waals surface area contributed by atoms with Gasteiger partial charge < -0.3 is 10.2 Å². The number of amides is 2. The molecule has 2 aromatic rings. The smallest absolute Gasteiger partial charge is 0.226 e. The Morgan fingerprint density at radius 3 is 2.50 bits per heavy atom. The van der Waals surface area contributed by atoms with E-state index in [2.05, 4.69) is 5.32 Å². The number of carbonyl (C=O) groups excluding carboxylic acids is 2. The van der Waals surface area contributed by atoms with Gasteiger partial charge in [-0.3, -0.25) is 9.59 Å². The highest BCUT2D eigenvalue weighted by molar-refractivity contribution is 6.35. The second-order valence-electron chi connectivity index (χ2n) is 5.77. The summed E-state index contributed by atoms with van der Waals surface area (Å²) in [5.74, 6) is -0.999. The minimum atomic E-state index is -0.498. The van der Waals surface area contributed by atoms with Crippen molar-refractivity contribution in [1.29, 1.82) is 0 Å². The second-order valence-corrected chi connectivity index (χ2v) is 6.61. The van der Waals surface area contributed by atoms with Crippen molar-refractivity contribution in [2.24, 2.45) is 0 Å². The second kappa shape index (κ2) is 9.55. The molecule has 0 saturated heterocycles. The molecule has 0 atom stereocenters. The van der Waals surface area contributed by atoms with E-state index in [0.29, 0.717) is 23.0 Å². The molecule has 1 N–H and O–H groups in total. The quantitative estimate of drug-likeness (QED) is 0.745. The molecule has 0 aliphatic heterocycles. The number of benzene rings is 2. The topological polar surface area (TPSA) is 49.4 Å². The zero-order valence-corrected chi connectivity index (χ0v) is 15.8. The summed E-state index contributed by atoms with van der Waals surface area (Å²) < 4.78 is 13.6. The Labute approximate surface area is 161 Å². The van der Waals surface area contributed by atoms with E-state index in [1.807, 2.05) is 6.07 Å². The van der Waals surface area contributed by atoms with Crippen molar-refractivity contribution in [2.75, 3.05) is 18.4 Å². The third-order valence-electron chi connectivity index (χ3n) is 3.87. The van der Waals surface area contributed by atoms with E-state index in [-0.39, 0.29) is 30.5 Å². The number of anilines is 1. The number of hydrogen-bond donors (Lipinski definition) is 1. The maximum atomic E-state index is 13.6. The summed E-state index contributed by atoms with van der Waals surface area (Å²) in [5.41, 5.74) is 0.998. The van der Waals surface area contributed by atoms with Crippen LogP contribution in [0, 0.1) is 5.82 Å². The van der Waals surface area contributed by atoms with Crippen LogP contribution in [0.1, 0.15) is 18.9 Å². The zero-order chi connectivity index (χ0) is 19.1. The van der Waals surface area contributed by atoms with E-state index in [9.17, 15) is 14.0 Å². The molecule has 0 saturated carbocycles. The fourth-order valence-electron chi connectivity index (χ4n) is 2.42. The monoisotopic (exact) mass is 396 g/mol. The van der Waals surface area contributed by atoms with E-state index in [4.69, 9.17) is 23.2 Å². The Morgan fingerprint density at radius 1 is 1.12 bits per heavy atom. The van der Waals surface area contributed by atoms with Crippen LogP contribution in [-0.2, 0) is 16.0 Å². The van der Waals surface area contributed by atoms with Gasteiger partial charge in [-0.05, 0) is 36.2 Å². The Morgan fingerprint density at radius 2 is 1.85 bits per heavy atom. The lowest BCUT2D eigenvalue weighted by Crippen LogP contribution is -2.33. The molecule has 0 aliphatic carbocycles. The predicted octanol–water partition coefficient (Wildman–Crippen LogP) is 4.55. The molecule has 0 aliphatic rings. The summed E-state index contributed by atoms with van der Waals surface area (Å²) in [6.07, 6.45) is 0.618. The Bertz CT molecular complexity index is 799. The molecule has 7 heteroatoms. The van der Waals surface area contributed by atoms with Crippen molar-refractivity contribution in [3.63, 3.8) is 0 Å². The van der Waals surface area contributed by atoms with E-state index in [1.54, 1.807) is 29.2 Å². The van der Waals surface area contributed by atoms with Gasteiger partial charge >= 0.3 is 0 Å². The molecule has 0 spiro atoms. The van der Waals surface area contributed by atoms with Crippen LogP contribution < -0.4 is 5.32 Å². The van der Waals surface area contributed by atoms with Crippen LogP contribution >= 0.6 is 23.2 Å². The molecule has 0 bridgehead atoms. The number of hydrogen-bond acceptors (Lipinski definition) is 2. The minimum absolute atomic E-state index is 0.0717. The first kappa shape index (κ1) is 20.2. The van der Waals surface area contributed by atoms with E-state index in [0.717, 1.165) is 5.56 Å². The minimum Gasteiger partial charge on any atom is -0.342 e. The van der Waals surface area contributed by atoms with Gasteiger partial charge in [-0.2, -0.15) is 0 Å². The zero-order valence-electron chi connectivity index (χ0n) is 14.3. The van der Waals surface area contributed by atoms with Gasteiger partial charge in [-0.1, -0.05) is 41.4 Å². The van der Waals surface area contributed by atoms with Crippen LogP contribution in [0.4, 0.5) is 10.1 Å². The van der Waals surface area contributed by atoms with Crippen LogP contribution in [0.25, 0.3) is 0 Å². The maximum Gasteiger partial charge on any atom is 0.226 e. The lowest BCUT2D eigenvalue weighted by molar-refractivity contribution is -0.129. The number of halogens is 3. The summed E-state index contributed by atoms with van der Waals surface area (Å²) in [4.78, 5) is 25.4. The number of rotatable bonds is 7. The SMILES string of the molecule is CC(=O)N(CCC(=O)Nc1ccccc1F)CCc1ccc(Cl)cc1Cl. The Kier molecular flexibility index (Phi) is 7.42. The number of carbonyl (C=O) groups is 2. The molecular formula is C19H19Cl2FN2O2. The fourth-order valence-corrected chi connectivity index (χ4v) is 2.92. The van der Waals surface area contributed by atoms with Crippen molar-refractivity contribution < 1.29 is 14.0 Å². The molecule has 0 unspecified atom stereocenters. The standard InChI is InChI=1S/C19H19Cl2FN2O2/c1-13(25)24(10-8-14-6-7-15(20)12-16(14)21)11-9-19(26)23-18-5-3-2-4-17(18)22/h2-7,12H,8-11H2,1H3,(H,23,26). The summed E-state index contributed by atoms with van der Waals surface area (Å²) in [6.45, 7) is 2.10. The largest absolute Gasteiger partial charge is 0.342 e. The van der Waals surface area contributed by atoms with Gasteiger partial charge in [-0.25, -0.2) is 4.39 Å². The van der Waals surface area contributed by atoms with E-state index < -0.39 is 5.82 Å². The molecule has 4 nitrogen and oxygen atoms in total. The van der Waals surface area contributed by atoms with E-state index >= 15 is 0 Å². The number of nitrogens with zero attached hydrogens (tertiary/aromatic N) is 1. The van der Waals surface area contributed by atoms with Gasteiger partial charge in [0, 0.05) is 36.5 Å². The molecule has 2 amide bonds. The first-order valence-electron chi connectivity index (χ1n) is 8.10. The Hall–Kier alpha value is -2.11. The molecule has 0 aromatic heterocycles. The molecule has 0 heterocycles. The van der Waals surface area contributed by atoms with Gasteiger partial charge in [0.2, 0.25) is 11.8 Å². The predicted molar refractivity (Wildman–Crippen MR) is 102 cm³/mol. The van der Waals surface area contributed by atoms with Gasteiger partial charge in [0.15, 0.2) is 0 Å². The summed E-state index contributed by atoms with van der Waals surface area (Å²) in [5, 5.41) is 3.59. The summed E-state index contributed by atoms with van der Waals surface area (Å²) in [6, 6.07) is 11.1. The molecule has 26 heavy (non-hydrogen) atoms. The Balaban J connectivity index is 1.88. The van der Waals surface area contributed by atoms with Gasteiger partial charge in [0.1, 0.15) is 5.82 Å². The third kappa shape index (κ3) is 6.00. The van der Waals surface area contributed by atoms with Crippen molar-refractivity contribution in [1.82, 2.24) is 4.90 Å². The maximum absolute atomic E-state index is 13.6. The van der Waals surface area contributed by atoms with Crippen LogP contribution in [-0.4, -0.2) is 29.8 Å². The first-order chi connectivity index (χ1) is 12.4. The van der Waals surface area contributed by atoms with Crippen LogP contribution in [0.5, 0.6) is 0 Å². The van der Waals surface area contributed by atoms with Crippen molar-refractivity contribution >= 4 is 40.7 Å². The van der Waals surface area contributed by atoms with E-state index in [1.165, 1.54) is 19.1 Å². The summed E-state index contributed by atoms with van der Waals surface area (Å²) in [7, 11) is 0. The van der Waals surface area contributed by atoms with Crippen LogP contribution in [0.3, 0.4) is 0 Å². The highest BCUT2D eigenvalue weighted by atomic mass is 35.5. The lowest BCUT2D eigenvalue weighted by Gasteiger charge is -2.21. The lowest BCUT2D eigenvalue weighted by atomic mass is 10.1. The number of nitrogens with one attached hydrogen (secondary N) is 1. The molecule has 0 radical (unpaired) electrons. The first-order valence-corrected chi connectivity index (χ1v) is 8.86. The highest BCUT2D eigenvalue weighted by Crippen LogP contribution is 2.21. The molecule has 2 aromatic carbocycles. The molecule has 138 valence electrons.